The molecule has 0 aromatic carbocycles. The Morgan fingerprint density at radius 1 is 1.30 bits per heavy atom. The standard InChI is InChI=1S/C19H25N3O4S/c20-19(25)13-11-22(12-16(13)24)8-4-2-1-3-6-15(23)14-10-17(26-21-14)18-7-5-9-27-18/h5,7,9-10,13,16,24H,1-4,6,8,11-12H2,(H2,20,25). The van der Waals surface area contributed by atoms with E-state index in [4.69, 9.17) is 10.3 Å². The van der Waals surface area contributed by atoms with E-state index < -0.39 is 17.9 Å². The van der Waals surface area contributed by atoms with Crippen LogP contribution < -0.4 is 5.73 Å². The minimum Gasteiger partial charge on any atom is -0.391 e. The van der Waals surface area contributed by atoms with Crippen molar-refractivity contribution >= 4 is 23.0 Å². The Morgan fingerprint density at radius 2 is 2.11 bits per heavy atom. The zero-order valence-corrected chi connectivity index (χ0v) is 16.0. The van der Waals surface area contributed by atoms with Crippen molar-refractivity contribution in [1.29, 1.82) is 0 Å². The van der Waals surface area contributed by atoms with Crippen LogP contribution in [0.3, 0.4) is 0 Å². The fourth-order valence-electron chi connectivity index (χ4n) is 3.37. The zero-order valence-electron chi connectivity index (χ0n) is 15.2. The van der Waals surface area contributed by atoms with E-state index in [0.717, 1.165) is 37.1 Å². The maximum absolute atomic E-state index is 12.2. The SMILES string of the molecule is NC(=O)C1CN(CCCCCCC(=O)c2cc(-c3cccs3)on2)CC1O. The van der Waals surface area contributed by atoms with E-state index in [-0.39, 0.29) is 5.78 Å². The van der Waals surface area contributed by atoms with E-state index in [2.05, 4.69) is 10.1 Å². The molecular formula is C19H25N3O4S. The number of primary amides is 1. The predicted octanol–water partition coefficient (Wildman–Crippen LogP) is 2.31. The summed E-state index contributed by atoms with van der Waals surface area (Å²) < 4.78 is 5.25. The van der Waals surface area contributed by atoms with Gasteiger partial charge in [-0.25, -0.2) is 0 Å². The first-order chi connectivity index (χ1) is 13.0. The minimum absolute atomic E-state index is 0.00789. The lowest BCUT2D eigenvalue weighted by molar-refractivity contribution is -0.123. The molecule has 7 nitrogen and oxygen atoms in total. The Hall–Kier alpha value is -2.03. The topological polar surface area (TPSA) is 110 Å². The molecule has 1 fully saturated rings. The van der Waals surface area contributed by atoms with Gasteiger partial charge in [0.2, 0.25) is 5.91 Å². The molecule has 2 atom stereocenters. The summed E-state index contributed by atoms with van der Waals surface area (Å²) in [5, 5.41) is 15.6. The predicted molar refractivity (Wildman–Crippen MR) is 102 cm³/mol. The van der Waals surface area contributed by atoms with Crippen LogP contribution in [0.1, 0.15) is 42.6 Å². The van der Waals surface area contributed by atoms with Crippen LogP contribution in [0.4, 0.5) is 0 Å². The molecule has 2 aromatic rings. The van der Waals surface area contributed by atoms with E-state index in [1.54, 1.807) is 17.4 Å². The average Bonchev–Trinajstić information content (AvgIpc) is 3.37. The van der Waals surface area contributed by atoms with Crippen molar-refractivity contribution in [2.45, 2.75) is 38.2 Å². The molecule has 27 heavy (non-hydrogen) atoms. The lowest BCUT2D eigenvalue weighted by atomic mass is 10.1. The van der Waals surface area contributed by atoms with Gasteiger partial charge >= 0.3 is 0 Å². The Kier molecular flexibility index (Phi) is 6.76. The van der Waals surface area contributed by atoms with Gasteiger partial charge in [-0.15, -0.1) is 11.3 Å². The van der Waals surface area contributed by atoms with Crippen molar-refractivity contribution in [2.75, 3.05) is 19.6 Å². The third kappa shape index (κ3) is 5.24. The van der Waals surface area contributed by atoms with Crippen LogP contribution in [0.25, 0.3) is 10.6 Å². The monoisotopic (exact) mass is 391 g/mol. The Labute approximate surface area is 162 Å². The highest BCUT2D eigenvalue weighted by Gasteiger charge is 2.34. The summed E-state index contributed by atoms with van der Waals surface area (Å²) in [5.74, 6) is -0.244. The van der Waals surface area contributed by atoms with Crippen molar-refractivity contribution in [3.8, 4) is 10.6 Å². The van der Waals surface area contributed by atoms with Gasteiger partial charge in [0.15, 0.2) is 11.5 Å². The van der Waals surface area contributed by atoms with Gasteiger partial charge in [-0.1, -0.05) is 24.1 Å². The summed E-state index contributed by atoms with van der Waals surface area (Å²) in [7, 11) is 0. The highest BCUT2D eigenvalue weighted by atomic mass is 32.1. The average molecular weight is 391 g/mol. The van der Waals surface area contributed by atoms with Crippen LogP contribution in [-0.2, 0) is 4.79 Å². The van der Waals surface area contributed by atoms with Crippen molar-refractivity contribution in [1.82, 2.24) is 10.1 Å². The molecule has 2 unspecified atom stereocenters. The van der Waals surface area contributed by atoms with Crippen molar-refractivity contribution < 1.29 is 19.2 Å². The number of hydrogen-bond acceptors (Lipinski definition) is 7. The number of hydrogen-bond donors (Lipinski definition) is 2. The van der Waals surface area contributed by atoms with Gasteiger partial charge < -0.3 is 15.4 Å². The van der Waals surface area contributed by atoms with Gasteiger partial charge in [-0.2, -0.15) is 0 Å². The van der Waals surface area contributed by atoms with E-state index in [0.29, 0.717) is 31.0 Å². The molecule has 3 N–H and O–H groups in total. The second-order valence-electron chi connectivity index (χ2n) is 6.98. The molecule has 0 bridgehead atoms. The summed E-state index contributed by atoms with van der Waals surface area (Å²) >= 11 is 1.55. The first-order valence-corrected chi connectivity index (χ1v) is 10.2. The van der Waals surface area contributed by atoms with Gasteiger partial charge in [0, 0.05) is 25.6 Å². The molecule has 0 spiro atoms. The third-order valence-corrected chi connectivity index (χ3v) is 5.80. The molecule has 3 heterocycles. The quantitative estimate of drug-likeness (QED) is 0.475. The molecule has 3 rings (SSSR count). The van der Waals surface area contributed by atoms with Gasteiger partial charge in [-0.3, -0.25) is 14.5 Å². The van der Waals surface area contributed by atoms with E-state index in [1.165, 1.54) is 0 Å². The summed E-state index contributed by atoms with van der Waals surface area (Å²) in [6.07, 6.45) is 3.55. The molecule has 8 heteroatoms. The largest absolute Gasteiger partial charge is 0.391 e. The van der Waals surface area contributed by atoms with Crippen molar-refractivity contribution in [3.05, 3.63) is 29.3 Å². The second-order valence-corrected chi connectivity index (χ2v) is 7.92. The fraction of sp³-hybridized carbons (Fsp3) is 0.526. The van der Waals surface area contributed by atoms with Gasteiger partial charge in [0.05, 0.1) is 16.9 Å². The summed E-state index contributed by atoms with van der Waals surface area (Å²) in [4.78, 5) is 26.5. The number of thiophene rings is 1. The second kappa shape index (κ2) is 9.25. The lowest BCUT2D eigenvalue weighted by Gasteiger charge is -2.14. The van der Waals surface area contributed by atoms with E-state index in [9.17, 15) is 14.7 Å². The minimum atomic E-state index is -0.651. The Morgan fingerprint density at radius 3 is 2.81 bits per heavy atom. The first kappa shape index (κ1) is 19.7. The number of β-amino-alcohol motifs (C(OH)–C–C–N with tert-alkyl or cyclic N) is 1. The zero-order chi connectivity index (χ0) is 19.2. The fourth-order valence-corrected chi connectivity index (χ4v) is 4.05. The Bertz CT molecular complexity index is 759. The number of Topliss-reactive ketones (excluding diaryl/α,β-unsaturated/α-hetero) is 1. The molecule has 1 aliphatic rings. The van der Waals surface area contributed by atoms with Crippen LogP contribution in [0, 0.1) is 5.92 Å². The molecule has 0 aliphatic carbocycles. The number of aliphatic hydroxyl groups excluding tert-OH is 1. The summed E-state index contributed by atoms with van der Waals surface area (Å²) in [6, 6.07) is 5.58. The highest BCUT2D eigenvalue weighted by Crippen LogP contribution is 2.25. The number of carbonyl (C=O) groups is 2. The number of aliphatic hydroxyl groups is 1. The number of unbranched alkanes of at least 4 members (excludes halogenated alkanes) is 3. The van der Waals surface area contributed by atoms with E-state index >= 15 is 0 Å². The highest BCUT2D eigenvalue weighted by molar-refractivity contribution is 7.13. The molecule has 146 valence electrons. The van der Waals surface area contributed by atoms with Crippen LogP contribution in [-0.4, -0.2) is 52.6 Å². The van der Waals surface area contributed by atoms with Gasteiger partial charge in [0.25, 0.3) is 0 Å². The van der Waals surface area contributed by atoms with Crippen molar-refractivity contribution in [3.63, 3.8) is 0 Å². The number of rotatable bonds is 10. The van der Waals surface area contributed by atoms with E-state index in [1.807, 2.05) is 17.5 Å². The third-order valence-electron chi connectivity index (χ3n) is 4.92. The van der Waals surface area contributed by atoms with Gasteiger partial charge in [-0.05, 0) is 30.8 Å². The maximum Gasteiger partial charge on any atom is 0.224 e. The number of likely N-dealkylation sites (tertiary alicyclic amines) is 1. The number of aromatic nitrogens is 1. The molecule has 0 radical (unpaired) electrons. The number of nitrogens with two attached hydrogens (primary N) is 1. The van der Waals surface area contributed by atoms with Crippen LogP contribution >= 0.6 is 11.3 Å². The van der Waals surface area contributed by atoms with Crippen LogP contribution in [0.15, 0.2) is 28.1 Å². The lowest BCUT2D eigenvalue weighted by Crippen LogP contribution is -2.32. The molecule has 1 aliphatic heterocycles. The number of amides is 1. The van der Waals surface area contributed by atoms with Crippen LogP contribution in [0.5, 0.6) is 0 Å². The maximum atomic E-state index is 12.2. The number of nitrogens with zero attached hydrogens (tertiary/aromatic N) is 2. The smallest absolute Gasteiger partial charge is 0.224 e. The first-order valence-electron chi connectivity index (χ1n) is 9.28. The van der Waals surface area contributed by atoms with Gasteiger partial charge in [0.1, 0.15) is 5.69 Å². The molecule has 2 aromatic heterocycles. The molecule has 0 saturated carbocycles. The Balaban J connectivity index is 1.30. The molecule has 1 saturated heterocycles. The summed E-state index contributed by atoms with van der Waals surface area (Å²) in [5.41, 5.74) is 5.67. The number of carbonyl (C=O) groups excluding carboxylic acids is 2. The molecule has 1 amide bonds. The van der Waals surface area contributed by atoms with Crippen molar-refractivity contribution in [2.24, 2.45) is 11.7 Å². The normalized spacial score (nSPS) is 20.2. The van der Waals surface area contributed by atoms with Crippen LogP contribution in [0.2, 0.25) is 0 Å². The summed E-state index contributed by atoms with van der Waals surface area (Å²) in [6.45, 7) is 1.88. The number of ketones is 1. The molecular weight excluding hydrogens is 366 g/mol.